The molecule has 1 atom stereocenters. The number of carbonyl (C=O) groups is 3. The van der Waals surface area contributed by atoms with E-state index in [9.17, 15) is 14.4 Å². The summed E-state index contributed by atoms with van der Waals surface area (Å²) in [6.45, 7) is 3.30. The molecule has 1 saturated heterocycles. The Morgan fingerprint density at radius 1 is 1.05 bits per heavy atom. The van der Waals surface area contributed by atoms with Crippen LogP contribution >= 0.6 is 11.6 Å². The summed E-state index contributed by atoms with van der Waals surface area (Å²) in [5.41, 5.74) is 3.04. The molecule has 2 amide bonds. The number of hydrogen-bond donors (Lipinski definition) is 3. The molecule has 194 valence electrons. The number of methoxy groups -OCH3 is 1. The average molecular weight is 523 g/mol. The predicted octanol–water partition coefficient (Wildman–Crippen LogP) is 3.65. The lowest BCUT2D eigenvalue weighted by Gasteiger charge is -2.23. The molecule has 1 aromatic heterocycles. The van der Waals surface area contributed by atoms with Gasteiger partial charge in [0.2, 0.25) is 0 Å². The van der Waals surface area contributed by atoms with Crippen LogP contribution in [0.2, 0.25) is 5.02 Å². The van der Waals surface area contributed by atoms with E-state index in [0.29, 0.717) is 16.1 Å². The third kappa shape index (κ3) is 5.50. The van der Waals surface area contributed by atoms with E-state index in [1.165, 1.54) is 51.4 Å². The number of fused-ring (bicyclic) bond motifs is 1. The van der Waals surface area contributed by atoms with Crippen molar-refractivity contribution in [2.45, 2.75) is 37.1 Å². The van der Waals surface area contributed by atoms with E-state index in [1.807, 2.05) is 12.1 Å². The van der Waals surface area contributed by atoms with Crippen molar-refractivity contribution < 1.29 is 19.1 Å². The molecular formula is C28H31ClN4O4. The Bertz CT molecular complexity index is 1310. The smallest absolute Gasteiger partial charge is 0.330 e. The summed E-state index contributed by atoms with van der Waals surface area (Å²) in [5, 5.41) is 6.79. The summed E-state index contributed by atoms with van der Waals surface area (Å²) in [5.74, 6) is -1.42. The summed E-state index contributed by atoms with van der Waals surface area (Å²) in [4.78, 5) is 43.5. The van der Waals surface area contributed by atoms with Crippen LogP contribution in [0.4, 0.5) is 0 Å². The van der Waals surface area contributed by atoms with Crippen LogP contribution in [0.5, 0.6) is 0 Å². The van der Waals surface area contributed by atoms with E-state index in [1.54, 1.807) is 36.5 Å². The maximum Gasteiger partial charge on any atom is 0.330 e. The minimum atomic E-state index is -1.03. The van der Waals surface area contributed by atoms with Gasteiger partial charge in [0.25, 0.3) is 11.8 Å². The van der Waals surface area contributed by atoms with Crippen LogP contribution in [0, 0.1) is 0 Å². The SMILES string of the molecule is COC(=O)C(CNC(=O)c1ccc2c(Cl)c[nH]c2c1)NC(=O)c1ccc(C2(CN3CCCC3)CC2)cc1. The highest BCUT2D eigenvalue weighted by Crippen LogP contribution is 2.49. The largest absolute Gasteiger partial charge is 0.467 e. The van der Waals surface area contributed by atoms with E-state index in [4.69, 9.17) is 16.3 Å². The third-order valence-corrected chi connectivity index (χ3v) is 7.80. The maximum absolute atomic E-state index is 12.9. The number of H-pyrrole nitrogens is 1. The fraction of sp³-hybridized carbons (Fsp3) is 0.393. The molecule has 1 aliphatic heterocycles. The van der Waals surface area contributed by atoms with Crippen molar-refractivity contribution in [2.24, 2.45) is 0 Å². The number of hydrogen-bond acceptors (Lipinski definition) is 5. The normalized spacial score (nSPS) is 17.4. The standard InChI is InChI=1S/C28H31ClN4O4/c1-37-27(36)24(16-31-25(34)19-6-9-21-22(29)15-30-23(21)14-19)32-26(35)18-4-7-20(8-5-18)28(10-11-28)17-33-12-2-3-13-33/h4-9,14-15,24,30H,2-3,10-13,16-17H2,1H3,(H,31,34)(H,32,35). The summed E-state index contributed by atoms with van der Waals surface area (Å²) in [6.07, 6.45) is 6.54. The molecule has 8 nitrogen and oxygen atoms in total. The number of benzene rings is 2. The molecule has 0 bridgehead atoms. The molecule has 1 unspecified atom stereocenters. The van der Waals surface area contributed by atoms with E-state index < -0.39 is 17.9 Å². The van der Waals surface area contributed by atoms with E-state index >= 15 is 0 Å². The van der Waals surface area contributed by atoms with Crippen LogP contribution in [-0.2, 0) is 14.9 Å². The number of esters is 1. The minimum Gasteiger partial charge on any atom is -0.467 e. The van der Waals surface area contributed by atoms with E-state index in [0.717, 1.165) is 17.4 Å². The van der Waals surface area contributed by atoms with Crippen molar-refractivity contribution in [2.75, 3.05) is 33.3 Å². The lowest BCUT2D eigenvalue weighted by Crippen LogP contribution is -2.49. The number of nitrogens with zero attached hydrogens (tertiary/aromatic N) is 1. The Kier molecular flexibility index (Phi) is 7.22. The first-order chi connectivity index (χ1) is 17.9. The molecular weight excluding hydrogens is 492 g/mol. The number of aromatic amines is 1. The first kappa shape index (κ1) is 25.3. The molecule has 5 rings (SSSR count). The number of rotatable bonds is 9. The highest BCUT2D eigenvalue weighted by atomic mass is 35.5. The van der Waals surface area contributed by atoms with Gasteiger partial charge < -0.3 is 25.3 Å². The predicted molar refractivity (Wildman–Crippen MR) is 142 cm³/mol. The van der Waals surface area contributed by atoms with E-state index in [2.05, 4.69) is 20.5 Å². The molecule has 0 spiro atoms. The van der Waals surface area contributed by atoms with Crippen molar-refractivity contribution in [3.63, 3.8) is 0 Å². The first-order valence-corrected chi connectivity index (χ1v) is 13.0. The Morgan fingerprint density at radius 2 is 1.76 bits per heavy atom. The molecule has 2 fully saturated rings. The minimum absolute atomic E-state index is 0.113. The summed E-state index contributed by atoms with van der Waals surface area (Å²) in [7, 11) is 1.25. The van der Waals surface area contributed by atoms with Gasteiger partial charge in [-0.05, 0) is 68.6 Å². The fourth-order valence-electron chi connectivity index (χ4n) is 5.14. The molecule has 2 heterocycles. The van der Waals surface area contributed by atoms with Gasteiger partial charge in [-0.25, -0.2) is 4.79 Å². The lowest BCUT2D eigenvalue weighted by molar-refractivity contribution is -0.142. The first-order valence-electron chi connectivity index (χ1n) is 12.6. The Morgan fingerprint density at radius 3 is 2.43 bits per heavy atom. The number of halogens is 1. The molecule has 2 aromatic carbocycles. The second-order valence-electron chi connectivity index (χ2n) is 10.00. The molecule has 37 heavy (non-hydrogen) atoms. The van der Waals surface area contributed by atoms with Gasteiger partial charge >= 0.3 is 5.97 Å². The van der Waals surface area contributed by atoms with Gasteiger partial charge in [-0.2, -0.15) is 0 Å². The summed E-state index contributed by atoms with van der Waals surface area (Å²) < 4.78 is 4.85. The van der Waals surface area contributed by atoms with Gasteiger partial charge in [-0.15, -0.1) is 0 Å². The van der Waals surface area contributed by atoms with Crippen LogP contribution in [0.15, 0.2) is 48.7 Å². The van der Waals surface area contributed by atoms with Gasteiger partial charge in [0.15, 0.2) is 0 Å². The van der Waals surface area contributed by atoms with Crippen molar-refractivity contribution in [3.8, 4) is 0 Å². The molecule has 2 aliphatic rings. The topological polar surface area (TPSA) is 104 Å². The quantitative estimate of drug-likeness (QED) is 0.372. The Hall–Kier alpha value is -3.36. The molecule has 3 aromatic rings. The number of carbonyl (C=O) groups excluding carboxylic acids is 3. The second kappa shape index (κ2) is 10.6. The number of ether oxygens (including phenoxy) is 1. The zero-order valence-corrected chi connectivity index (χ0v) is 21.6. The maximum atomic E-state index is 12.9. The van der Waals surface area contributed by atoms with Gasteiger partial charge in [0.05, 0.1) is 12.1 Å². The molecule has 3 N–H and O–H groups in total. The lowest BCUT2D eigenvalue weighted by atomic mass is 9.94. The van der Waals surface area contributed by atoms with E-state index in [-0.39, 0.29) is 17.9 Å². The molecule has 1 saturated carbocycles. The van der Waals surface area contributed by atoms with Gasteiger partial charge in [-0.1, -0.05) is 29.8 Å². The Balaban J connectivity index is 1.20. The number of likely N-dealkylation sites (tertiary alicyclic amines) is 1. The number of nitrogens with one attached hydrogen (secondary N) is 3. The molecule has 1 aliphatic carbocycles. The second-order valence-corrected chi connectivity index (χ2v) is 10.4. The third-order valence-electron chi connectivity index (χ3n) is 7.49. The molecule has 9 heteroatoms. The molecule has 0 radical (unpaired) electrons. The highest BCUT2D eigenvalue weighted by molar-refractivity contribution is 6.35. The van der Waals surface area contributed by atoms with Gasteiger partial charge in [-0.3, -0.25) is 9.59 Å². The van der Waals surface area contributed by atoms with Crippen LogP contribution in [0.1, 0.15) is 52.0 Å². The van der Waals surface area contributed by atoms with Crippen molar-refractivity contribution in [1.29, 1.82) is 0 Å². The average Bonchev–Trinajstić information content (AvgIpc) is 3.33. The zero-order valence-electron chi connectivity index (χ0n) is 20.8. The zero-order chi connectivity index (χ0) is 26.0. The van der Waals surface area contributed by atoms with Crippen LogP contribution in [0.25, 0.3) is 10.9 Å². The Labute approximate surface area is 220 Å². The summed E-state index contributed by atoms with van der Waals surface area (Å²) >= 11 is 6.10. The van der Waals surface area contributed by atoms with Crippen molar-refractivity contribution in [1.82, 2.24) is 20.5 Å². The van der Waals surface area contributed by atoms with Crippen LogP contribution in [-0.4, -0.2) is 67.0 Å². The summed E-state index contributed by atoms with van der Waals surface area (Å²) in [6, 6.07) is 11.7. The number of amides is 2. The van der Waals surface area contributed by atoms with Crippen molar-refractivity contribution in [3.05, 3.63) is 70.4 Å². The van der Waals surface area contributed by atoms with Crippen LogP contribution < -0.4 is 10.6 Å². The number of aromatic nitrogens is 1. The van der Waals surface area contributed by atoms with Crippen molar-refractivity contribution >= 4 is 40.3 Å². The fourth-order valence-corrected chi connectivity index (χ4v) is 5.36. The van der Waals surface area contributed by atoms with Crippen LogP contribution in [0.3, 0.4) is 0 Å². The monoisotopic (exact) mass is 522 g/mol. The van der Waals surface area contributed by atoms with Gasteiger partial charge in [0, 0.05) is 46.7 Å². The highest BCUT2D eigenvalue weighted by Gasteiger charge is 2.45. The van der Waals surface area contributed by atoms with Gasteiger partial charge in [0.1, 0.15) is 6.04 Å².